The molecule has 0 unspecified atom stereocenters. The molecule has 0 saturated heterocycles. The smallest absolute Gasteiger partial charge is 0.278 e. The Morgan fingerprint density at radius 1 is 1.05 bits per heavy atom. The number of thiazole rings is 1. The second kappa shape index (κ2) is 9.64. The number of amides is 2. The molecule has 2 aromatic heterocycles. The van der Waals surface area contributed by atoms with E-state index in [1.54, 1.807) is 24.3 Å². The summed E-state index contributed by atoms with van der Waals surface area (Å²) in [6, 6.07) is 20.4. The van der Waals surface area contributed by atoms with Gasteiger partial charge in [-0.15, -0.1) is 16.4 Å². The highest BCUT2D eigenvalue weighted by Gasteiger charge is 2.26. The molecule has 0 radical (unpaired) electrons. The van der Waals surface area contributed by atoms with E-state index in [4.69, 9.17) is 0 Å². The lowest BCUT2D eigenvalue weighted by Gasteiger charge is -2.18. The maximum atomic E-state index is 13.1. The van der Waals surface area contributed by atoms with E-state index in [9.17, 15) is 14.4 Å². The van der Waals surface area contributed by atoms with E-state index in [-0.39, 0.29) is 18.0 Å². The zero-order valence-electron chi connectivity index (χ0n) is 20.4. The van der Waals surface area contributed by atoms with Gasteiger partial charge in [0.05, 0.1) is 11.1 Å². The molecule has 2 amide bonds. The lowest BCUT2D eigenvalue weighted by Crippen LogP contribution is -2.30. The minimum atomic E-state index is -0.420. The van der Waals surface area contributed by atoms with Crippen LogP contribution in [0.15, 0.2) is 76.9 Å². The number of aromatic nitrogens is 4. The van der Waals surface area contributed by atoms with Crippen molar-refractivity contribution in [3.05, 3.63) is 99.2 Å². The normalized spacial score (nSPS) is 12.5. The predicted octanol–water partition coefficient (Wildman–Crippen LogP) is 4.07. The van der Waals surface area contributed by atoms with Crippen LogP contribution in [-0.4, -0.2) is 38.3 Å². The largest absolute Gasteiger partial charge is 0.308 e. The van der Waals surface area contributed by atoms with Crippen LogP contribution in [0.3, 0.4) is 0 Å². The fourth-order valence-corrected chi connectivity index (χ4v) is 5.33. The standard InChI is InChI=1S/C28H22N6O3S/c1-17-5-4-6-20(13-17)26(36)33-12-11-19-14-18(9-10-24(19)33)23-16-38-28(29-23)30-25(35)15-34-27(37)21-7-2-3-8-22(21)31-32-34/h2-10,13-14,16H,11-12,15H2,1H3,(H,29,30,35). The molecule has 6 rings (SSSR count). The number of carbonyl (C=O) groups excluding carboxylic acids is 2. The molecule has 1 aliphatic rings. The zero-order valence-corrected chi connectivity index (χ0v) is 21.2. The Bertz CT molecular complexity index is 1780. The number of hydrogen-bond donors (Lipinski definition) is 1. The molecule has 1 N–H and O–H groups in total. The highest BCUT2D eigenvalue weighted by molar-refractivity contribution is 7.14. The molecule has 0 atom stereocenters. The van der Waals surface area contributed by atoms with Gasteiger partial charge in [-0.25, -0.2) is 9.67 Å². The number of anilines is 2. The van der Waals surface area contributed by atoms with E-state index >= 15 is 0 Å². The van der Waals surface area contributed by atoms with E-state index in [1.807, 2.05) is 59.7 Å². The quantitative estimate of drug-likeness (QED) is 0.373. The third kappa shape index (κ3) is 4.46. The Hall–Kier alpha value is -4.70. The van der Waals surface area contributed by atoms with Crippen LogP contribution in [0.5, 0.6) is 0 Å². The van der Waals surface area contributed by atoms with Crippen molar-refractivity contribution in [2.75, 3.05) is 16.8 Å². The molecule has 10 heteroatoms. The summed E-state index contributed by atoms with van der Waals surface area (Å²) in [6.07, 6.45) is 0.760. The van der Waals surface area contributed by atoms with Crippen LogP contribution in [0.25, 0.3) is 22.2 Å². The highest BCUT2D eigenvalue weighted by atomic mass is 32.1. The molecule has 188 valence electrons. The van der Waals surface area contributed by atoms with Crippen molar-refractivity contribution in [2.45, 2.75) is 19.9 Å². The van der Waals surface area contributed by atoms with Gasteiger partial charge >= 0.3 is 0 Å². The Kier molecular flexibility index (Phi) is 6.01. The summed E-state index contributed by atoms with van der Waals surface area (Å²) >= 11 is 1.30. The van der Waals surface area contributed by atoms with Crippen molar-refractivity contribution in [2.24, 2.45) is 0 Å². The van der Waals surface area contributed by atoms with Crippen LogP contribution in [0, 0.1) is 6.92 Å². The van der Waals surface area contributed by atoms with Gasteiger partial charge in [0.15, 0.2) is 5.13 Å². The van der Waals surface area contributed by atoms with E-state index in [2.05, 4.69) is 20.6 Å². The van der Waals surface area contributed by atoms with Gasteiger partial charge in [0.25, 0.3) is 11.5 Å². The van der Waals surface area contributed by atoms with Crippen LogP contribution in [-0.2, 0) is 17.8 Å². The minimum Gasteiger partial charge on any atom is -0.308 e. The summed E-state index contributed by atoms with van der Waals surface area (Å²) in [5.74, 6) is -0.425. The third-order valence-electron chi connectivity index (χ3n) is 6.45. The lowest BCUT2D eigenvalue weighted by atomic mass is 10.1. The number of aryl methyl sites for hydroxylation is 1. The third-order valence-corrected chi connectivity index (χ3v) is 7.21. The minimum absolute atomic E-state index is 0.00549. The first-order valence-electron chi connectivity index (χ1n) is 12.1. The molecular weight excluding hydrogens is 500 g/mol. The molecule has 1 aliphatic heterocycles. The van der Waals surface area contributed by atoms with E-state index in [0.717, 1.165) is 39.2 Å². The lowest BCUT2D eigenvalue weighted by molar-refractivity contribution is -0.117. The summed E-state index contributed by atoms with van der Waals surface area (Å²) in [5, 5.41) is 13.3. The number of carbonyl (C=O) groups is 2. The van der Waals surface area contributed by atoms with Gasteiger partial charge in [-0.3, -0.25) is 14.4 Å². The molecule has 3 heterocycles. The van der Waals surface area contributed by atoms with Crippen LogP contribution < -0.4 is 15.8 Å². The fraction of sp³-hybridized carbons (Fsp3) is 0.143. The zero-order chi connectivity index (χ0) is 26.2. The van der Waals surface area contributed by atoms with E-state index < -0.39 is 5.91 Å². The molecule has 3 aromatic carbocycles. The van der Waals surface area contributed by atoms with E-state index in [0.29, 0.717) is 28.1 Å². The molecule has 9 nitrogen and oxygen atoms in total. The Balaban J connectivity index is 1.16. The van der Waals surface area contributed by atoms with Gasteiger partial charge in [0.1, 0.15) is 12.1 Å². The van der Waals surface area contributed by atoms with Gasteiger partial charge in [-0.2, -0.15) is 0 Å². The summed E-state index contributed by atoms with van der Waals surface area (Å²) in [7, 11) is 0. The Labute approximate surface area is 221 Å². The average Bonchev–Trinajstić information content (AvgIpc) is 3.57. The number of fused-ring (bicyclic) bond motifs is 2. The van der Waals surface area contributed by atoms with Crippen LogP contribution in [0.1, 0.15) is 21.5 Å². The van der Waals surface area contributed by atoms with E-state index in [1.165, 1.54) is 11.3 Å². The Morgan fingerprint density at radius 2 is 1.92 bits per heavy atom. The van der Waals surface area contributed by atoms with Crippen LogP contribution >= 0.6 is 11.3 Å². The topological polar surface area (TPSA) is 110 Å². The maximum Gasteiger partial charge on any atom is 0.278 e. The maximum absolute atomic E-state index is 13.1. The van der Waals surface area contributed by atoms with Gasteiger partial charge < -0.3 is 10.2 Å². The first kappa shape index (κ1) is 23.7. The first-order valence-corrected chi connectivity index (χ1v) is 12.9. The van der Waals surface area contributed by atoms with Gasteiger partial charge in [0, 0.05) is 28.7 Å². The van der Waals surface area contributed by atoms with Crippen molar-refractivity contribution in [3.63, 3.8) is 0 Å². The van der Waals surface area contributed by atoms with Gasteiger partial charge in [-0.1, -0.05) is 41.1 Å². The molecule has 0 fully saturated rings. The van der Waals surface area contributed by atoms with Crippen molar-refractivity contribution in [1.29, 1.82) is 0 Å². The molecular formula is C28H22N6O3S. The summed E-state index contributed by atoms with van der Waals surface area (Å²) < 4.78 is 1.04. The van der Waals surface area contributed by atoms with Crippen molar-refractivity contribution < 1.29 is 9.59 Å². The van der Waals surface area contributed by atoms with Gasteiger partial charge in [0.2, 0.25) is 5.91 Å². The fourth-order valence-electron chi connectivity index (χ4n) is 4.59. The highest BCUT2D eigenvalue weighted by Crippen LogP contribution is 2.34. The average molecular weight is 523 g/mol. The second-order valence-corrected chi connectivity index (χ2v) is 9.93. The number of benzene rings is 3. The molecule has 0 saturated carbocycles. The Morgan fingerprint density at radius 3 is 2.79 bits per heavy atom. The summed E-state index contributed by atoms with van der Waals surface area (Å²) in [6.45, 7) is 2.33. The van der Waals surface area contributed by atoms with Crippen LogP contribution in [0.2, 0.25) is 0 Å². The van der Waals surface area contributed by atoms with Crippen molar-refractivity contribution in [1.82, 2.24) is 20.0 Å². The summed E-state index contributed by atoms with van der Waals surface area (Å²) in [4.78, 5) is 44.7. The molecule has 0 bridgehead atoms. The van der Waals surface area contributed by atoms with Crippen LogP contribution in [0.4, 0.5) is 10.8 Å². The summed E-state index contributed by atoms with van der Waals surface area (Å²) in [5.41, 5.74) is 5.45. The predicted molar refractivity (Wildman–Crippen MR) is 147 cm³/mol. The number of hydrogen-bond acceptors (Lipinski definition) is 7. The molecule has 0 aliphatic carbocycles. The van der Waals surface area contributed by atoms with Crippen molar-refractivity contribution in [3.8, 4) is 11.3 Å². The van der Waals surface area contributed by atoms with Crippen molar-refractivity contribution >= 4 is 44.9 Å². The SMILES string of the molecule is Cc1cccc(C(=O)N2CCc3cc(-c4csc(NC(=O)Cn5nnc6ccccc6c5=O)n4)ccc32)c1. The molecule has 0 spiro atoms. The first-order chi connectivity index (χ1) is 18.5. The second-order valence-electron chi connectivity index (χ2n) is 9.08. The molecule has 38 heavy (non-hydrogen) atoms. The monoisotopic (exact) mass is 522 g/mol. The number of nitrogens with one attached hydrogen (secondary N) is 1. The van der Waals surface area contributed by atoms with Gasteiger partial charge in [-0.05, 0) is 55.3 Å². The number of nitrogens with zero attached hydrogens (tertiary/aromatic N) is 5. The number of rotatable bonds is 5. The molecule has 5 aromatic rings.